The van der Waals surface area contributed by atoms with Crippen LogP contribution in [0.3, 0.4) is 0 Å². The van der Waals surface area contributed by atoms with Gasteiger partial charge in [0.25, 0.3) is 5.91 Å². The maximum Gasteiger partial charge on any atom is 0.325 e. The van der Waals surface area contributed by atoms with Gasteiger partial charge in [-0.25, -0.2) is 4.39 Å². The van der Waals surface area contributed by atoms with E-state index in [4.69, 9.17) is 9.47 Å². The van der Waals surface area contributed by atoms with Crippen LogP contribution < -0.4 is 10.1 Å². The summed E-state index contributed by atoms with van der Waals surface area (Å²) in [7, 11) is 1.34. The highest BCUT2D eigenvalue weighted by Gasteiger charge is 2.16. The third kappa shape index (κ3) is 4.63. The Hall–Kier alpha value is -2.74. The lowest BCUT2D eigenvalue weighted by Crippen LogP contribution is -2.31. The minimum absolute atomic E-state index is 0.0204. The van der Waals surface area contributed by atoms with E-state index in [0.717, 1.165) is 12.1 Å². The number of ketones is 1. The number of carbonyl (C=O) groups is 3. The molecule has 1 amide bonds. The van der Waals surface area contributed by atoms with Crippen LogP contribution in [0.5, 0.6) is 5.75 Å². The monoisotopic (exact) mass is 351 g/mol. The summed E-state index contributed by atoms with van der Waals surface area (Å²) in [5, 5.41) is 4.12. The van der Waals surface area contributed by atoms with Crippen LogP contribution in [0, 0.1) is 5.82 Å². The van der Waals surface area contributed by atoms with Crippen LogP contribution in [0.25, 0.3) is 0 Å². The zero-order chi connectivity index (χ0) is 17.5. The van der Waals surface area contributed by atoms with Gasteiger partial charge in [0.05, 0.1) is 17.6 Å². The first kappa shape index (κ1) is 17.6. The number of rotatable bonds is 7. The second-order valence-electron chi connectivity index (χ2n) is 4.59. The van der Waals surface area contributed by atoms with Gasteiger partial charge in [-0.3, -0.25) is 14.4 Å². The van der Waals surface area contributed by atoms with Gasteiger partial charge >= 0.3 is 5.97 Å². The Morgan fingerprint density at radius 2 is 2.04 bits per heavy atom. The fourth-order valence-electron chi connectivity index (χ4n) is 1.82. The van der Waals surface area contributed by atoms with Gasteiger partial charge in [0.1, 0.15) is 18.1 Å². The maximum absolute atomic E-state index is 13.2. The van der Waals surface area contributed by atoms with Crippen molar-refractivity contribution in [2.45, 2.75) is 0 Å². The number of thiophene rings is 1. The van der Waals surface area contributed by atoms with Gasteiger partial charge in [-0.2, -0.15) is 0 Å². The molecule has 126 valence electrons. The SMILES string of the molecule is COc1ccc(F)cc1C(=O)COC(=O)CNC(=O)c1cccs1. The van der Waals surface area contributed by atoms with Gasteiger partial charge in [-0.05, 0) is 29.6 Å². The molecule has 0 aliphatic rings. The quantitative estimate of drug-likeness (QED) is 0.610. The van der Waals surface area contributed by atoms with Crippen molar-refractivity contribution in [2.24, 2.45) is 0 Å². The second kappa shape index (κ2) is 8.21. The summed E-state index contributed by atoms with van der Waals surface area (Å²) in [5.74, 6) is -2.20. The van der Waals surface area contributed by atoms with E-state index in [9.17, 15) is 18.8 Å². The van der Waals surface area contributed by atoms with Crippen LogP contribution in [0.1, 0.15) is 20.0 Å². The Kier molecular flexibility index (Phi) is 6.02. The van der Waals surface area contributed by atoms with E-state index in [1.807, 2.05) is 0 Å². The number of nitrogens with one attached hydrogen (secondary N) is 1. The van der Waals surface area contributed by atoms with Crippen molar-refractivity contribution in [3.63, 3.8) is 0 Å². The molecular weight excluding hydrogens is 337 g/mol. The molecule has 0 fully saturated rings. The molecule has 8 heteroatoms. The van der Waals surface area contributed by atoms with Crippen molar-refractivity contribution in [3.8, 4) is 5.75 Å². The predicted octanol–water partition coefficient (Wildman–Crippen LogP) is 2.05. The molecule has 2 aromatic rings. The average Bonchev–Trinajstić information content (AvgIpc) is 3.12. The number of methoxy groups -OCH3 is 1. The van der Waals surface area contributed by atoms with E-state index in [1.165, 1.54) is 24.5 Å². The van der Waals surface area contributed by atoms with Crippen LogP contribution >= 0.6 is 11.3 Å². The highest BCUT2D eigenvalue weighted by atomic mass is 32.1. The average molecular weight is 351 g/mol. The Morgan fingerprint density at radius 1 is 1.25 bits per heavy atom. The van der Waals surface area contributed by atoms with Gasteiger partial charge in [-0.1, -0.05) is 6.07 Å². The summed E-state index contributed by atoms with van der Waals surface area (Å²) in [5.41, 5.74) is -0.0204. The number of Topliss-reactive ketones (excluding diaryl/α,β-unsaturated/α-hetero) is 1. The molecule has 6 nitrogen and oxygen atoms in total. The lowest BCUT2D eigenvalue weighted by atomic mass is 10.1. The molecule has 0 bridgehead atoms. The van der Waals surface area contributed by atoms with Crippen molar-refractivity contribution < 1.29 is 28.2 Å². The molecule has 0 unspecified atom stereocenters. The molecule has 0 saturated carbocycles. The number of hydrogen-bond acceptors (Lipinski definition) is 6. The molecule has 1 heterocycles. The fourth-order valence-corrected chi connectivity index (χ4v) is 2.46. The van der Waals surface area contributed by atoms with E-state index >= 15 is 0 Å². The van der Waals surface area contributed by atoms with Crippen LogP contribution in [0.15, 0.2) is 35.7 Å². The van der Waals surface area contributed by atoms with Crippen molar-refractivity contribution >= 4 is 29.0 Å². The molecule has 1 aromatic carbocycles. The molecule has 1 N–H and O–H groups in total. The van der Waals surface area contributed by atoms with Crippen molar-refractivity contribution in [1.29, 1.82) is 0 Å². The summed E-state index contributed by atoms with van der Waals surface area (Å²) >= 11 is 1.24. The van der Waals surface area contributed by atoms with Crippen molar-refractivity contribution in [2.75, 3.05) is 20.3 Å². The molecule has 2 rings (SSSR count). The Bertz CT molecular complexity index is 745. The number of ether oxygens (including phenoxy) is 2. The minimum atomic E-state index is -0.774. The lowest BCUT2D eigenvalue weighted by Gasteiger charge is -2.08. The first-order valence-electron chi connectivity index (χ1n) is 6.85. The number of benzene rings is 1. The van der Waals surface area contributed by atoms with E-state index in [1.54, 1.807) is 17.5 Å². The second-order valence-corrected chi connectivity index (χ2v) is 5.54. The zero-order valence-electron chi connectivity index (χ0n) is 12.7. The van der Waals surface area contributed by atoms with Gasteiger partial charge in [0.2, 0.25) is 5.78 Å². The third-order valence-electron chi connectivity index (χ3n) is 2.96. The van der Waals surface area contributed by atoms with Crippen molar-refractivity contribution in [3.05, 3.63) is 52.0 Å². The number of amides is 1. The Morgan fingerprint density at radius 3 is 2.71 bits per heavy atom. The number of esters is 1. The molecule has 1 aromatic heterocycles. The Labute approximate surface area is 141 Å². The van der Waals surface area contributed by atoms with Crippen LogP contribution in [-0.4, -0.2) is 37.9 Å². The van der Waals surface area contributed by atoms with E-state index in [-0.39, 0.29) is 17.9 Å². The highest BCUT2D eigenvalue weighted by Crippen LogP contribution is 2.19. The number of carbonyl (C=O) groups excluding carboxylic acids is 3. The number of halogens is 1. The first-order valence-corrected chi connectivity index (χ1v) is 7.73. The summed E-state index contributed by atoms with van der Waals surface area (Å²) < 4.78 is 23.0. The fraction of sp³-hybridized carbons (Fsp3) is 0.188. The smallest absolute Gasteiger partial charge is 0.325 e. The topological polar surface area (TPSA) is 81.7 Å². The van der Waals surface area contributed by atoms with Gasteiger partial charge < -0.3 is 14.8 Å². The summed E-state index contributed by atoms with van der Waals surface area (Å²) in [4.78, 5) is 35.7. The zero-order valence-corrected chi connectivity index (χ0v) is 13.5. The maximum atomic E-state index is 13.2. The van der Waals surface area contributed by atoms with Gasteiger partial charge in [0, 0.05) is 0 Å². The predicted molar refractivity (Wildman–Crippen MR) is 84.9 cm³/mol. The normalized spacial score (nSPS) is 10.1. The molecule has 0 saturated heterocycles. The molecule has 0 spiro atoms. The van der Waals surface area contributed by atoms with E-state index in [2.05, 4.69) is 5.32 Å². The molecule has 0 atom stereocenters. The first-order chi connectivity index (χ1) is 11.5. The van der Waals surface area contributed by atoms with Crippen molar-refractivity contribution in [1.82, 2.24) is 5.32 Å². The lowest BCUT2D eigenvalue weighted by molar-refractivity contribution is -0.141. The van der Waals surface area contributed by atoms with Crippen LogP contribution in [-0.2, 0) is 9.53 Å². The van der Waals surface area contributed by atoms with E-state index in [0.29, 0.717) is 4.88 Å². The highest BCUT2D eigenvalue weighted by molar-refractivity contribution is 7.12. The largest absolute Gasteiger partial charge is 0.496 e. The molecule has 0 radical (unpaired) electrons. The summed E-state index contributed by atoms with van der Waals surface area (Å²) in [6.07, 6.45) is 0. The van der Waals surface area contributed by atoms with Gasteiger partial charge in [-0.15, -0.1) is 11.3 Å². The molecule has 24 heavy (non-hydrogen) atoms. The van der Waals surface area contributed by atoms with Crippen LogP contribution in [0.2, 0.25) is 0 Å². The summed E-state index contributed by atoms with van der Waals surface area (Å²) in [6.45, 7) is -0.947. The van der Waals surface area contributed by atoms with E-state index < -0.39 is 30.1 Å². The molecule has 0 aliphatic carbocycles. The summed E-state index contributed by atoms with van der Waals surface area (Å²) in [6, 6.07) is 6.80. The molecular formula is C16H14FNO5S. The van der Waals surface area contributed by atoms with Crippen LogP contribution in [0.4, 0.5) is 4.39 Å². The molecule has 0 aliphatic heterocycles. The Balaban J connectivity index is 1.84. The standard InChI is InChI=1S/C16H14FNO5S/c1-22-13-5-4-10(17)7-11(13)12(19)9-23-15(20)8-18-16(21)14-3-2-6-24-14/h2-7H,8-9H2,1H3,(H,18,21). The van der Waals surface area contributed by atoms with Gasteiger partial charge in [0.15, 0.2) is 6.61 Å². The number of hydrogen-bond donors (Lipinski definition) is 1. The minimum Gasteiger partial charge on any atom is -0.496 e. The third-order valence-corrected chi connectivity index (χ3v) is 3.83.